The minimum Gasteiger partial charge on any atom is -0.348 e. The molecule has 2 heterocycles. The Morgan fingerprint density at radius 3 is 2.63 bits per heavy atom. The van der Waals surface area contributed by atoms with Crippen molar-refractivity contribution in [3.8, 4) is 11.3 Å². The lowest BCUT2D eigenvalue weighted by molar-refractivity contribution is -0.115. The summed E-state index contributed by atoms with van der Waals surface area (Å²) >= 11 is 0. The van der Waals surface area contributed by atoms with E-state index in [-0.39, 0.29) is 18.2 Å². The van der Waals surface area contributed by atoms with E-state index in [1.165, 1.54) is 5.56 Å². The number of amides is 2. The van der Waals surface area contributed by atoms with Crippen molar-refractivity contribution >= 4 is 29.1 Å². The number of hydrogen-bond donors (Lipinski definition) is 3. The van der Waals surface area contributed by atoms with E-state index in [0.29, 0.717) is 18.1 Å². The second-order valence-corrected chi connectivity index (χ2v) is 8.65. The maximum atomic E-state index is 12.6. The predicted octanol–water partition coefficient (Wildman–Crippen LogP) is 4.93. The Kier molecular flexibility index (Phi) is 5.97. The van der Waals surface area contributed by atoms with E-state index in [1.807, 2.05) is 55.5 Å². The van der Waals surface area contributed by atoms with Gasteiger partial charge in [0.2, 0.25) is 11.9 Å². The molecular formula is C28H25N5O2. The SMILES string of the molecule is Cc1ccc(CNC(=O)c2ccc(Nc3ncc4c(n3)-c3ccccc3NC(=O)C4)cc2)c(C)c1. The average molecular weight is 464 g/mol. The first kappa shape index (κ1) is 22.3. The number of fused-ring (bicyclic) bond motifs is 3. The molecule has 3 N–H and O–H groups in total. The highest BCUT2D eigenvalue weighted by molar-refractivity contribution is 6.00. The largest absolute Gasteiger partial charge is 0.348 e. The van der Waals surface area contributed by atoms with E-state index in [4.69, 9.17) is 0 Å². The molecule has 7 heteroatoms. The maximum Gasteiger partial charge on any atom is 0.251 e. The Bertz CT molecular complexity index is 1430. The van der Waals surface area contributed by atoms with Crippen molar-refractivity contribution in [3.63, 3.8) is 0 Å². The lowest BCUT2D eigenvalue weighted by atomic mass is 10.1. The fraction of sp³-hybridized carbons (Fsp3) is 0.143. The van der Waals surface area contributed by atoms with Crippen LogP contribution in [-0.4, -0.2) is 21.8 Å². The highest BCUT2D eigenvalue weighted by atomic mass is 16.2. The number of hydrogen-bond acceptors (Lipinski definition) is 5. The topological polar surface area (TPSA) is 96.0 Å². The molecule has 1 aliphatic rings. The summed E-state index contributed by atoms with van der Waals surface area (Å²) in [5.41, 5.74) is 7.87. The molecule has 1 aliphatic heterocycles. The van der Waals surface area contributed by atoms with Crippen molar-refractivity contribution in [2.75, 3.05) is 10.6 Å². The zero-order valence-electron chi connectivity index (χ0n) is 19.6. The number of benzene rings is 3. The van der Waals surface area contributed by atoms with Gasteiger partial charge in [-0.3, -0.25) is 9.59 Å². The Hall–Kier alpha value is -4.52. The highest BCUT2D eigenvalue weighted by Crippen LogP contribution is 2.32. The number of aromatic nitrogens is 2. The number of aryl methyl sites for hydroxylation is 2. The van der Waals surface area contributed by atoms with Gasteiger partial charge in [0, 0.05) is 35.1 Å². The zero-order chi connectivity index (χ0) is 24.4. The summed E-state index contributed by atoms with van der Waals surface area (Å²) < 4.78 is 0. The van der Waals surface area contributed by atoms with Gasteiger partial charge in [0.05, 0.1) is 17.8 Å². The van der Waals surface area contributed by atoms with E-state index in [2.05, 4.69) is 38.9 Å². The zero-order valence-corrected chi connectivity index (χ0v) is 19.6. The van der Waals surface area contributed by atoms with Crippen LogP contribution in [0, 0.1) is 13.8 Å². The summed E-state index contributed by atoms with van der Waals surface area (Å²) in [7, 11) is 0. The van der Waals surface area contributed by atoms with Gasteiger partial charge >= 0.3 is 0 Å². The number of para-hydroxylation sites is 1. The third-order valence-corrected chi connectivity index (χ3v) is 6.01. The molecule has 7 nitrogen and oxygen atoms in total. The molecule has 2 amide bonds. The number of anilines is 3. The normalized spacial score (nSPS) is 12.1. The Labute approximate surface area is 203 Å². The summed E-state index contributed by atoms with van der Waals surface area (Å²) in [5, 5.41) is 9.09. The molecule has 0 saturated carbocycles. The monoisotopic (exact) mass is 463 g/mol. The summed E-state index contributed by atoms with van der Waals surface area (Å²) in [6.07, 6.45) is 1.90. The minimum atomic E-state index is -0.133. The molecule has 0 fully saturated rings. The van der Waals surface area contributed by atoms with Gasteiger partial charge in [0.15, 0.2) is 0 Å². The number of rotatable bonds is 5. The maximum absolute atomic E-state index is 12.6. The smallest absolute Gasteiger partial charge is 0.251 e. The van der Waals surface area contributed by atoms with Crippen LogP contribution in [0.5, 0.6) is 0 Å². The van der Waals surface area contributed by atoms with Crippen molar-refractivity contribution in [2.45, 2.75) is 26.8 Å². The fourth-order valence-electron chi connectivity index (χ4n) is 4.15. The first-order valence-electron chi connectivity index (χ1n) is 11.4. The third-order valence-electron chi connectivity index (χ3n) is 6.01. The number of nitrogens with zero attached hydrogens (tertiary/aromatic N) is 2. The molecular weight excluding hydrogens is 438 g/mol. The van der Waals surface area contributed by atoms with Crippen LogP contribution in [0.3, 0.4) is 0 Å². The number of carbonyl (C=O) groups excluding carboxylic acids is 2. The molecule has 1 aromatic heterocycles. The summed E-state index contributed by atoms with van der Waals surface area (Å²) in [6, 6.07) is 21.0. The Morgan fingerprint density at radius 2 is 1.83 bits per heavy atom. The van der Waals surface area contributed by atoms with Crippen molar-refractivity contribution in [2.24, 2.45) is 0 Å². The molecule has 5 rings (SSSR count). The lowest BCUT2D eigenvalue weighted by Crippen LogP contribution is -2.23. The molecule has 0 bridgehead atoms. The molecule has 0 atom stereocenters. The average Bonchev–Trinajstić information content (AvgIpc) is 2.99. The standard InChI is InChI=1S/C28H25N5O2/c1-17-7-8-20(18(2)13-17)15-29-27(35)19-9-11-22(12-10-19)31-28-30-16-21-14-25(34)32-24-6-4-3-5-23(24)26(21)33-28/h3-13,16H,14-15H2,1-2H3,(H,29,35)(H,32,34)(H,30,31,33). The van der Waals surface area contributed by atoms with Crippen LogP contribution >= 0.6 is 0 Å². The highest BCUT2D eigenvalue weighted by Gasteiger charge is 2.20. The lowest BCUT2D eigenvalue weighted by Gasteiger charge is -2.11. The van der Waals surface area contributed by atoms with Gasteiger partial charge in [0.1, 0.15) is 0 Å². The van der Waals surface area contributed by atoms with E-state index in [0.717, 1.165) is 39.3 Å². The second-order valence-electron chi connectivity index (χ2n) is 8.65. The van der Waals surface area contributed by atoms with Crippen LogP contribution in [0.15, 0.2) is 72.9 Å². The summed E-state index contributed by atoms with van der Waals surface area (Å²) in [5.74, 6) is 0.193. The van der Waals surface area contributed by atoms with Crippen LogP contribution in [0.2, 0.25) is 0 Å². The number of carbonyl (C=O) groups is 2. The first-order valence-corrected chi connectivity index (χ1v) is 11.4. The van der Waals surface area contributed by atoms with Crippen molar-refractivity contribution in [1.82, 2.24) is 15.3 Å². The molecule has 0 unspecified atom stereocenters. The quantitative estimate of drug-likeness (QED) is 0.390. The van der Waals surface area contributed by atoms with Crippen LogP contribution in [0.1, 0.15) is 32.6 Å². The molecule has 0 saturated heterocycles. The van der Waals surface area contributed by atoms with E-state index in [1.54, 1.807) is 18.3 Å². The van der Waals surface area contributed by atoms with E-state index >= 15 is 0 Å². The Balaban J connectivity index is 1.29. The van der Waals surface area contributed by atoms with Gasteiger partial charge < -0.3 is 16.0 Å². The van der Waals surface area contributed by atoms with Gasteiger partial charge in [-0.25, -0.2) is 9.97 Å². The number of nitrogens with one attached hydrogen (secondary N) is 3. The van der Waals surface area contributed by atoms with Gasteiger partial charge in [-0.1, -0.05) is 42.0 Å². The van der Waals surface area contributed by atoms with Crippen LogP contribution in [0.25, 0.3) is 11.3 Å². The molecule has 4 aromatic rings. The van der Waals surface area contributed by atoms with Crippen molar-refractivity contribution in [3.05, 3.63) is 101 Å². The third kappa shape index (κ3) is 4.89. The molecule has 0 radical (unpaired) electrons. The molecule has 174 valence electrons. The van der Waals surface area contributed by atoms with Crippen molar-refractivity contribution in [1.29, 1.82) is 0 Å². The molecule has 3 aromatic carbocycles. The minimum absolute atomic E-state index is 0.0908. The van der Waals surface area contributed by atoms with Gasteiger partial charge in [-0.15, -0.1) is 0 Å². The summed E-state index contributed by atoms with van der Waals surface area (Å²) in [4.78, 5) is 33.9. The predicted molar refractivity (Wildman–Crippen MR) is 137 cm³/mol. The van der Waals surface area contributed by atoms with Crippen LogP contribution in [-0.2, 0) is 17.8 Å². The van der Waals surface area contributed by atoms with E-state index in [9.17, 15) is 9.59 Å². The van der Waals surface area contributed by atoms with Gasteiger partial charge in [0.25, 0.3) is 5.91 Å². The van der Waals surface area contributed by atoms with Crippen LogP contribution < -0.4 is 16.0 Å². The Morgan fingerprint density at radius 1 is 1.03 bits per heavy atom. The first-order chi connectivity index (χ1) is 17.0. The molecule has 0 spiro atoms. The van der Waals surface area contributed by atoms with E-state index < -0.39 is 0 Å². The van der Waals surface area contributed by atoms with Gasteiger partial charge in [-0.2, -0.15) is 0 Å². The van der Waals surface area contributed by atoms with Crippen molar-refractivity contribution < 1.29 is 9.59 Å². The van der Waals surface area contributed by atoms with Crippen LogP contribution in [0.4, 0.5) is 17.3 Å². The fourth-order valence-corrected chi connectivity index (χ4v) is 4.15. The van der Waals surface area contributed by atoms with Gasteiger partial charge in [-0.05, 0) is 55.3 Å². The second kappa shape index (κ2) is 9.38. The molecule has 35 heavy (non-hydrogen) atoms. The molecule has 0 aliphatic carbocycles. The summed E-state index contributed by atoms with van der Waals surface area (Å²) in [6.45, 7) is 4.58.